The van der Waals surface area contributed by atoms with Crippen molar-refractivity contribution >= 4 is 29.2 Å². The second-order valence-electron chi connectivity index (χ2n) is 6.61. The summed E-state index contributed by atoms with van der Waals surface area (Å²) >= 11 is 0. The molecule has 2 aromatic rings. The number of aromatic nitrogens is 3. The molecule has 2 aromatic heterocycles. The smallest absolute Gasteiger partial charge is 0.247 e. The average molecular weight is 378 g/mol. The summed E-state index contributed by atoms with van der Waals surface area (Å²) in [6, 6.07) is 3.65. The topological polar surface area (TPSA) is 93.4 Å². The van der Waals surface area contributed by atoms with E-state index in [9.17, 15) is 4.79 Å². The Labute approximate surface area is 163 Å². The zero-order chi connectivity index (χ0) is 19.3. The highest BCUT2D eigenvalue weighted by Crippen LogP contribution is 2.23. The highest BCUT2D eigenvalue weighted by atomic mass is 16.5. The van der Waals surface area contributed by atoms with Crippen LogP contribution in [-0.2, 0) is 16.1 Å². The van der Waals surface area contributed by atoms with Crippen LogP contribution in [0.15, 0.2) is 41.8 Å². The van der Waals surface area contributed by atoms with Crippen molar-refractivity contribution in [2.75, 3.05) is 25.1 Å². The van der Waals surface area contributed by atoms with E-state index in [4.69, 9.17) is 4.74 Å². The SMILES string of the molecule is Cc1nn(CC(=O)Nc2ccc(C3=CNCC=N3)cn2)cc1C1=CCOCC1. The standard InChI is InChI=1S/C20H22N6O2/c1-14-17(15-4-8-28-9-5-15)12-26(25-14)13-20(27)24-19-3-2-16(10-23-19)18-11-21-6-7-22-18/h2-4,7,10-12,21H,5-6,8-9,13H2,1H3,(H,23,24,27). The molecule has 0 radical (unpaired) electrons. The minimum absolute atomic E-state index is 0.132. The van der Waals surface area contributed by atoms with Gasteiger partial charge in [0.1, 0.15) is 12.4 Å². The third kappa shape index (κ3) is 4.17. The summed E-state index contributed by atoms with van der Waals surface area (Å²) in [5.74, 6) is 0.324. The molecule has 0 saturated heterocycles. The molecule has 8 heteroatoms. The first kappa shape index (κ1) is 18.1. The first-order valence-electron chi connectivity index (χ1n) is 9.22. The maximum atomic E-state index is 12.4. The number of aryl methyl sites for hydroxylation is 1. The number of rotatable bonds is 5. The minimum atomic E-state index is -0.174. The molecule has 2 N–H and O–H groups in total. The summed E-state index contributed by atoms with van der Waals surface area (Å²) < 4.78 is 7.02. The van der Waals surface area contributed by atoms with E-state index >= 15 is 0 Å². The van der Waals surface area contributed by atoms with Crippen molar-refractivity contribution in [3.05, 3.63) is 53.6 Å². The van der Waals surface area contributed by atoms with Gasteiger partial charge in [-0.15, -0.1) is 0 Å². The van der Waals surface area contributed by atoms with Crippen molar-refractivity contribution in [3.8, 4) is 0 Å². The molecule has 4 rings (SSSR count). The van der Waals surface area contributed by atoms with E-state index in [-0.39, 0.29) is 12.5 Å². The van der Waals surface area contributed by atoms with Gasteiger partial charge in [0.05, 0.1) is 24.6 Å². The van der Waals surface area contributed by atoms with Crippen molar-refractivity contribution in [3.63, 3.8) is 0 Å². The summed E-state index contributed by atoms with van der Waals surface area (Å²) in [5, 5.41) is 10.4. The molecule has 0 spiro atoms. The van der Waals surface area contributed by atoms with E-state index < -0.39 is 0 Å². The highest BCUT2D eigenvalue weighted by Gasteiger charge is 2.14. The van der Waals surface area contributed by atoms with Gasteiger partial charge < -0.3 is 15.4 Å². The molecule has 0 atom stereocenters. The number of hydrogen-bond donors (Lipinski definition) is 2. The lowest BCUT2D eigenvalue weighted by molar-refractivity contribution is -0.116. The molecule has 144 valence electrons. The quantitative estimate of drug-likeness (QED) is 0.830. The van der Waals surface area contributed by atoms with Crippen LogP contribution >= 0.6 is 0 Å². The van der Waals surface area contributed by atoms with Gasteiger partial charge in [0, 0.05) is 42.5 Å². The lowest BCUT2D eigenvalue weighted by Crippen LogP contribution is -2.19. The van der Waals surface area contributed by atoms with Gasteiger partial charge in [-0.25, -0.2) is 4.98 Å². The summed E-state index contributed by atoms with van der Waals surface area (Å²) in [5.41, 5.74) is 4.92. The normalized spacial score (nSPS) is 16.2. The Hall–Kier alpha value is -3.26. The number of nitrogens with zero attached hydrogens (tertiary/aromatic N) is 4. The summed E-state index contributed by atoms with van der Waals surface area (Å²) in [7, 11) is 0. The Morgan fingerprint density at radius 1 is 1.39 bits per heavy atom. The fourth-order valence-corrected chi connectivity index (χ4v) is 3.18. The van der Waals surface area contributed by atoms with E-state index in [1.807, 2.05) is 31.6 Å². The summed E-state index contributed by atoms with van der Waals surface area (Å²) in [6.07, 6.45) is 10.2. The predicted molar refractivity (Wildman–Crippen MR) is 108 cm³/mol. The van der Waals surface area contributed by atoms with E-state index in [2.05, 4.69) is 31.8 Å². The van der Waals surface area contributed by atoms with Crippen LogP contribution in [0.25, 0.3) is 11.3 Å². The highest BCUT2D eigenvalue weighted by molar-refractivity contribution is 5.89. The third-order valence-corrected chi connectivity index (χ3v) is 4.57. The lowest BCUT2D eigenvalue weighted by atomic mass is 10.0. The summed E-state index contributed by atoms with van der Waals surface area (Å²) in [6.45, 7) is 4.16. The Kier molecular flexibility index (Phi) is 5.29. The van der Waals surface area contributed by atoms with E-state index in [0.29, 0.717) is 12.4 Å². The largest absolute Gasteiger partial charge is 0.384 e. The Morgan fingerprint density at radius 3 is 3.04 bits per heavy atom. The van der Waals surface area contributed by atoms with Crippen molar-refractivity contribution < 1.29 is 9.53 Å². The number of aliphatic imine (C=N–C) groups is 1. The first-order chi connectivity index (χ1) is 13.7. The molecule has 1 amide bonds. The number of hydrogen-bond acceptors (Lipinski definition) is 6. The number of carbonyl (C=O) groups is 1. The van der Waals surface area contributed by atoms with Crippen LogP contribution in [0, 0.1) is 6.92 Å². The summed E-state index contributed by atoms with van der Waals surface area (Å²) in [4.78, 5) is 21.0. The van der Waals surface area contributed by atoms with Crippen LogP contribution in [0.3, 0.4) is 0 Å². The fraction of sp³-hybridized carbons (Fsp3) is 0.300. The van der Waals surface area contributed by atoms with Crippen LogP contribution in [-0.4, -0.2) is 46.6 Å². The van der Waals surface area contributed by atoms with E-state index in [1.165, 1.54) is 5.57 Å². The van der Waals surface area contributed by atoms with Gasteiger partial charge in [-0.3, -0.25) is 14.5 Å². The van der Waals surface area contributed by atoms with Crippen molar-refractivity contribution in [2.45, 2.75) is 19.9 Å². The number of nitrogens with one attached hydrogen (secondary N) is 2. The molecular formula is C20H22N6O2. The van der Waals surface area contributed by atoms with E-state index in [1.54, 1.807) is 16.9 Å². The number of ether oxygens (including phenoxy) is 1. The second-order valence-corrected chi connectivity index (χ2v) is 6.61. The van der Waals surface area contributed by atoms with Crippen LogP contribution in [0.5, 0.6) is 0 Å². The van der Waals surface area contributed by atoms with Crippen molar-refractivity contribution in [2.24, 2.45) is 4.99 Å². The van der Waals surface area contributed by atoms with E-state index in [0.717, 1.165) is 42.1 Å². The number of carbonyl (C=O) groups excluding carboxylic acids is 1. The van der Waals surface area contributed by atoms with Crippen LogP contribution in [0.1, 0.15) is 23.2 Å². The molecule has 2 aliphatic rings. The van der Waals surface area contributed by atoms with Gasteiger partial charge in [-0.05, 0) is 31.1 Å². The third-order valence-electron chi connectivity index (χ3n) is 4.57. The van der Waals surface area contributed by atoms with Gasteiger partial charge in [-0.1, -0.05) is 6.08 Å². The first-order valence-corrected chi connectivity index (χ1v) is 9.22. The number of anilines is 1. The number of amides is 1. The average Bonchev–Trinajstić information content (AvgIpc) is 3.09. The lowest BCUT2D eigenvalue weighted by Gasteiger charge is -2.12. The van der Waals surface area contributed by atoms with Gasteiger partial charge in [0.2, 0.25) is 5.91 Å². The zero-order valence-corrected chi connectivity index (χ0v) is 15.7. The molecule has 0 unspecified atom stereocenters. The molecule has 0 bridgehead atoms. The molecule has 0 saturated carbocycles. The Bertz CT molecular complexity index is 956. The Balaban J connectivity index is 1.38. The fourth-order valence-electron chi connectivity index (χ4n) is 3.18. The molecular weight excluding hydrogens is 356 g/mol. The molecule has 2 aliphatic heterocycles. The van der Waals surface area contributed by atoms with Gasteiger partial charge >= 0.3 is 0 Å². The molecule has 8 nitrogen and oxygen atoms in total. The molecule has 4 heterocycles. The van der Waals surface area contributed by atoms with Crippen molar-refractivity contribution in [1.29, 1.82) is 0 Å². The molecule has 0 fully saturated rings. The minimum Gasteiger partial charge on any atom is -0.384 e. The second kappa shape index (κ2) is 8.18. The maximum absolute atomic E-state index is 12.4. The van der Waals surface area contributed by atoms with Crippen LogP contribution in [0.4, 0.5) is 5.82 Å². The molecule has 28 heavy (non-hydrogen) atoms. The molecule has 0 aliphatic carbocycles. The monoisotopic (exact) mass is 378 g/mol. The van der Waals surface area contributed by atoms with Gasteiger partial charge in [-0.2, -0.15) is 5.10 Å². The van der Waals surface area contributed by atoms with Crippen LogP contribution in [0.2, 0.25) is 0 Å². The van der Waals surface area contributed by atoms with Crippen molar-refractivity contribution in [1.82, 2.24) is 20.1 Å². The predicted octanol–water partition coefficient (Wildman–Crippen LogP) is 2.00. The van der Waals surface area contributed by atoms with Crippen LogP contribution < -0.4 is 10.6 Å². The van der Waals surface area contributed by atoms with Gasteiger partial charge in [0.15, 0.2) is 0 Å². The number of pyridine rings is 1. The zero-order valence-electron chi connectivity index (χ0n) is 15.7. The Morgan fingerprint density at radius 2 is 2.32 bits per heavy atom. The molecule has 0 aromatic carbocycles. The maximum Gasteiger partial charge on any atom is 0.247 e. The van der Waals surface area contributed by atoms with Gasteiger partial charge in [0.25, 0.3) is 0 Å².